The van der Waals surface area contributed by atoms with Gasteiger partial charge < -0.3 is 38.8 Å². The number of amides is 1. The number of nitrogens with one attached hydrogen (secondary N) is 1. The van der Waals surface area contributed by atoms with Crippen LogP contribution in [0.3, 0.4) is 0 Å². The fourth-order valence-electron chi connectivity index (χ4n) is 7.20. The van der Waals surface area contributed by atoms with Crippen LogP contribution in [0.5, 0.6) is 5.75 Å². The Balaban J connectivity index is 1.60. The molecular formula is C35H43NO9. The van der Waals surface area contributed by atoms with Crippen LogP contribution in [0.25, 0.3) is 0 Å². The fraction of sp³-hybridized carbons (Fsp3) is 0.486. The number of Topliss-reactive ketones (excluding diaryl/α,β-unsaturated/α-hetero) is 1. The van der Waals surface area contributed by atoms with Crippen molar-refractivity contribution in [2.75, 3.05) is 41.1 Å². The lowest BCUT2D eigenvalue weighted by molar-refractivity contribution is -0.155. The van der Waals surface area contributed by atoms with E-state index in [4.69, 9.17) is 28.4 Å². The third-order valence-electron chi connectivity index (χ3n) is 9.07. The topological polar surface area (TPSA) is 122 Å². The first-order valence-electron chi connectivity index (χ1n) is 15.5. The van der Waals surface area contributed by atoms with Crippen LogP contribution in [0.15, 0.2) is 78.3 Å². The number of aliphatic hydroxyl groups is 1. The van der Waals surface area contributed by atoms with E-state index in [-0.39, 0.29) is 6.29 Å². The standard InChI is InChI=1S/C35H43NO9/c1-6-43-28(44-7-2)14-11-19-36-33(38)29-30(22-12-9-8-10-13-22)35(23-15-17-24(40-3)18-16-23)34(39,32(29)37)31-26(42-5)20-25(41-4)21-27(31)45-35/h8-10,12-13,15-18,20-21,27-31,39H,6-7,11,14,19H2,1-5H3,(H,36,38). The number of benzene rings is 2. The molecule has 45 heavy (non-hydrogen) atoms. The Bertz CT molecular complexity index is 1400. The second-order valence-electron chi connectivity index (χ2n) is 11.3. The van der Waals surface area contributed by atoms with Crippen molar-refractivity contribution in [3.8, 4) is 5.75 Å². The minimum absolute atomic E-state index is 0.296. The average molecular weight is 622 g/mol. The van der Waals surface area contributed by atoms with Crippen LogP contribution in [-0.2, 0) is 38.9 Å². The molecule has 1 aliphatic heterocycles. The van der Waals surface area contributed by atoms with E-state index in [1.807, 2.05) is 44.2 Å². The second kappa shape index (κ2) is 13.7. The van der Waals surface area contributed by atoms with Crippen LogP contribution >= 0.6 is 0 Å². The number of ketones is 1. The summed E-state index contributed by atoms with van der Waals surface area (Å²) in [6.07, 6.45) is 3.39. The normalized spacial score (nSPS) is 28.6. The number of carbonyl (C=O) groups excluding carboxylic acids is 2. The average Bonchev–Trinajstić information content (AvgIpc) is 3.45. The zero-order valence-corrected chi connectivity index (χ0v) is 26.5. The molecule has 0 spiro atoms. The van der Waals surface area contributed by atoms with Crippen molar-refractivity contribution < 1.29 is 43.1 Å². The van der Waals surface area contributed by atoms with Crippen molar-refractivity contribution >= 4 is 11.7 Å². The molecule has 5 rings (SSSR count). The van der Waals surface area contributed by atoms with Crippen molar-refractivity contribution in [2.24, 2.45) is 11.8 Å². The van der Waals surface area contributed by atoms with Gasteiger partial charge in [-0.05, 0) is 49.6 Å². The summed E-state index contributed by atoms with van der Waals surface area (Å²) in [7, 11) is 4.57. The molecule has 2 fully saturated rings. The van der Waals surface area contributed by atoms with Gasteiger partial charge in [-0.3, -0.25) is 9.59 Å². The predicted molar refractivity (Wildman–Crippen MR) is 165 cm³/mol. The first kappa shape index (κ1) is 32.7. The molecule has 242 valence electrons. The zero-order chi connectivity index (χ0) is 32.2. The van der Waals surface area contributed by atoms with Gasteiger partial charge in [0.2, 0.25) is 5.91 Å². The van der Waals surface area contributed by atoms with Gasteiger partial charge in [0, 0.05) is 38.2 Å². The van der Waals surface area contributed by atoms with Crippen LogP contribution in [-0.4, -0.2) is 75.9 Å². The van der Waals surface area contributed by atoms with Gasteiger partial charge in [0.05, 0.1) is 33.4 Å². The molecule has 0 aromatic heterocycles. The Morgan fingerprint density at radius 1 is 0.956 bits per heavy atom. The lowest BCUT2D eigenvalue weighted by Gasteiger charge is -2.40. The molecule has 1 amide bonds. The molecule has 2 N–H and O–H groups in total. The Labute approximate surface area is 264 Å². The van der Waals surface area contributed by atoms with Crippen LogP contribution in [0, 0.1) is 11.8 Å². The van der Waals surface area contributed by atoms with Crippen LogP contribution < -0.4 is 10.1 Å². The molecule has 10 nitrogen and oxygen atoms in total. The van der Waals surface area contributed by atoms with Gasteiger partial charge in [0.25, 0.3) is 0 Å². The third-order valence-corrected chi connectivity index (χ3v) is 9.07. The minimum atomic E-state index is -2.18. The van der Waals surface area contributed by atoms with E-state index < -0.39 is 46.8 Å². The van der Waals surface area contributed by atoms with Gasteiger partial charge in [-0.2, -0.15) is 0 Å². The highest BCUT2D eigenvalue weighted by atomic mass is 16.7. The number of rotatable bonds is 14. The van der Waals surface area contributed by atoms with Gasteiger partial charge in [-0.15, -0.1) is 0 Å². The molecule has 0 radical (unpaired) electrons. The van der Waals surface area contributed by atoms with Crippen LogP contribution in [0.1, 0.15) is 43.7 Å². The van der Waals surface area contributed by atoms with Gasteiger partial charge in [0.1, 0.15) is 28.8 Å². The molecule has 3 aliphatic rings. The van der Waals surface area contributed by atoms with E-state index in [1.54, 1.807) is 43.5 Å². The van der Waals surface area contributed by atoms with Crippen LogP contribution in [0.4, 0.5) is 0 Å². The van der Waals surface area contributed by atoms with E-state index in [0.29, 0.717) is 61.0 Å². The highest BCUT2D eigenvalue weighted by Gasteiger charge is 2.80. The Kier molecular flexibility index (Phi) is 9.98. The maximum Gasteiger partial charge on any atom is 0.231 e. The van der Waals surface area contributed by atoms with Gasteiger partial charge in [-0.1, -0.05) is 42.5 Å². The Morgan fingerprint density at radius 3 is 2.24 bits per heavy atom. The first-order chi connectivity index (χ1) is 21.8. The maximum absolute atomic E-state index is 14.8. The van der Waals surface area contributed by atoms with E-state index in [9.17, 15) is 14.7 Å². The molecule has 1 saturated carbocycles. The summed E-state index contributed by atoms with van der Waals surface area (Å²) in [5.74, 6) is -2.78. The summed E-state index contributed by atoms with van der Waals surface area (Å²) < 4.78 is 34.9. The summed E-state index contributed by atoms with van der Waals surface area (Å²) in [6.45, 7) is 5.13. The largest absolute Gasteiger partial charge is 0.500 e. The van der Waals surface area contributed by atoms with E-state index in [2.05, 4.69) is 5.32 Å². The molecule has 1 saturated heterocycles. The molecule has 1 heterocycles. The lowest BCUT2D eigenvalue weighted by Crippen LogP contribution is -2.55. The molecule has 0 bridgehead atoms. The maximum atomic E-state index is 14.8. The molecule has 2 aliphatic carbocycles. The van der Waals surface area contributed by atoms with E-state index >= 15 is 0 Å². The lowest BCUT2D eigenvalue weighted by atomic mass is 9.68. The summed E-state index contributed by atoms with van der Waals surface area (Å²) in [4.78, 5) is 29.0. The van der Waals surface area contributed by atoms with Gasteiger partial charge in [-0.25, -0.2) is 0 Å². The van der Waals surface area contributed by atoms with Crippen molar-refractivity contribution in [1.29, 1.82) is 0 Å². The Hall–Kier alpha value is -3.70. The third kappa shape index (κ3) is 5.54. The van der Waals surface area contributed by atoms with Gasteiger partial charge >= 0.3 is 0 Å². The van der Waals surface area contributed by atoms with Gasteiger partial charge in [0.15, 0.2) is 17.7 Å². The van der Waals surface area contributed by atoms with Crippen molar-refractivity contribution in [3.05, 3.63) is 89.4 Å². The smallest absolute Gasteiger partial charge is 0.231 e. The number of hydrogen-bond donors (Lipinski definition) is 2. The minimum Gasteiger partial charge on any atom is -0.500 e. The number of carbonyl (C=O) groups is 2. The summed E-state index contributed by atoms with van der Waals surface area (Å²) >= 11 is 0. The fourth-order valence-corrected chi connectivity index (χ4v) is 7.20. The number of ether oxygens (including phenoxy) is 6. The molecular weight excluding hydrogens is 578 g/mol. The van der Waals surface area contributed by atoms with Crippen molar-refractivity contribution in [3.63, 3.8) is 0 Å². The van der Waals surface area contributed by atoms with E-state index in [1.165, 1.54) is 14.2 Å². The van der Waals surface area contributed by atoms with Crippen molar-refractivity contribution in [1.82, 2.24) is 5.32 Å². The van der Waals surface area contributed by atoms with Crippen LogP contribution in [0.2, 0.25) is 0 Å². The number of hydrogen-bond acceptors (Lipinski definition) is 9. The molecule has 10 heteroatoms. The summed E-state index contributed by atoms with van der Waals surface area (Å²) in [6, 6.07) is 16.4. The summed E-state index contributed by atoms with van der Waals surface area (Å²) in [5.41, 5.74) is -2.62. The monoisotopic (exact) mass is 621 g/mol. The van der Waals surface area contributed by atoms with Crippen molar-refractivity contribution in [2.45, 2.75) is 56.2 Å². The molecule has 6 atom stereocenters. The highest BCUT2D eigenvalue weighted by molar-refractivity contribution is 6.10. The molecule has 2 aromatic rings. The highest BCUT2D eigenvalue weighted by Crippen LogP contribution is 2.67. The SMILES string of the molecule is CCOC(CCCNC(=O)C1C(=O)C2(O)C3C(OC)=CC(OC)=CC3OC2(c2ccc(OC)cc2)C1c1ccccc1)OCC. The predicted octanol–water partition coefficient (Wildman–Crippen LogP) is 3.99. The number of allylic oxidation sites excluding steroid dienone is 1. The van der Waals surface area contributed by atoms with E-state index in [0.717, 1.165) is 0 Å². The molecule has 6 unspecified atom stereocenters. The molecule has 2 aromatic carbocycles. The number of fused-ring (bicyclic) bond motifs is 3. The zero-order valence-electron chi connectivity index (χ0n) is 26.5. The number of methoxy groups -OCH3 is 3. The first-order valence-corrected chi connectivity index (χ1v) is 15.5. The Morgan fingerprint density at radius 2 is 1.64 bits per heavy atom. The quantitative estimate of drug-likeness (QED) is 0.183. The second-order valence-corrected chi connectivity index (χ2v) is 11.3. The summed E-state index contributed by atoms with van der Waals surface area (Å²) in [5, 5.41) is 16.0.